The summed E-state index contributed by atoms with van der Waals surface area (Å²) in [6, 6.07) is 8.36. The molecule has 0 aliphatic rings. The van der Waals surface area contributed by atoms with Crippen LogP contribution >= 0.6 is 0 Å². The molecule has 0 saturated carbocycles. The van der Waals surface area contributed by atoms with E-state index >= 15 is 0 Å². The minimum absolute atomic E-state index is 0.187. The number of nitrogens with zero attached hydrogens (tertiary/aromatic N) is 2. The number of hydrogen-bond acceptors (Lipinski definition) is 1. The smallest absolute Gasteiger partial charge is 0.199 e. The van der Waals surface area contributed by atoms with Crippen LogP contribution in [0.5, 0.6) is 5.75 Å². The van der Waals surface area contributed by atoms with Gasteiger partial charge in [-0.25, -0.2) is 0 Å². The van der Waals surface area contributed by atoms with Crippen LogP contribution in [0.3, 0.4) is 0 Å². The lowest BCUT2D eigenvalue weighted by molar-refractivity contribution is -0.754. The van der Waals surface area contributed by atoms with Crippen LogP contribution in [0.25, 0.3) is 0 Å². The molecule has 1 atom stereocenters. The van der Waals surface area contributed by atoms with E-state index in [0.29, 0.717) is 5.92 Å². The van der Waals surface area contributed by atoms with Crippen LogP contribution in [-0.2, 0) is 19.0 Å². The molecule has 1 unspecified atom stereocenters. The van der Waals surface area contributed by atoms with E-state index in [2.05, 4.69) is 68.6 Å². The molecule has 3 heteroatoms. The van der Waals surface area contributed by atoms with Gasteiger partial charge in [0.1, 0.15) is 5.75 Å². The molecule has 0 saturated heterocycles. The van der Waals surface area contributed by atoms with Crippen LogP contribution in [0.15, 0.2) is 36.7 Å². The first-order valence-electron chi connectivity index (χ1n) is 7.52. The average Bonchev–Trinajstić information content (AvgIpc) is 2.80. The van der Waals surface area contributed by atoms with Crippen LogP contribution in [0.1, 0.15) is 44.7 Å². The van der Waals surface area contributed by atoms with Crippen molar-refractivity contribution in [3.63, 3.8) is 0 Å². The van der Waals surface area contributed by atoms with Crippen LogP contribution in [0, 0.1) is 0 Å². The summed E-state index contributed by atoms with van der Waals surface area (Å²) in [4.78, 5) is 0. The summed E-state index contributed by atoms with van der Waals surface area (Å²) in [6.07, 6.45) is 4.49. The lowest BCUT2D eigenvalue weighted by Crippen LogP contribution is -2.38. The van der Waals surface area contributed by atoms with Crippen molar-refractivity contribution in [2.45, 2.75) is 45.6 Å². The van der Waals surface area contributed by atoms with Gasteiger partial charge in [0, 0.05) is 11.5 Å². The van der Waals surface area contributed by atoms with E-state index in [1.54, 1.807) is 7.11 Å². The number of hydrogen-bond donors (Lipinski definition) is 0. The van der Waals surface area contributed by atoms with E-state index in [1.807, 2.05) is 12.1 Å². The molecule has 1 heterocycles. The molecular weight excluding hydrogens is 260 g/mol. The molecule has 0 fully saturated rings. The quantitative estimate of drug-likeness (QED) is 0.788. The second kappa shape index (κ2) is 5.92. The summed E-state index contributed by atoms with van der Waals surface area (Å²) in [5.74, 6) is 1.37. The number of ether oxygens (including phenoxy) is 1. The first-order valence-corrected chi connectivity index (χ1v) is 7.52. The number of methoxy groups -OCH3 is 1. The van der Waals surface area contributed by atoms with Crippen molar-refractivity contribution in [2.75, 3.05) is 7.11 Å². The molecule has 0 spiro atoms. The Kier molecular flexibility index (Phi) is 4.40. The molecule has 3 nitrogen and oxygen atoms in total. The highest BCUT2D eigenvalue weighted by atomic mass is 16.5. The van der Waals surface area contributed by atoms with E-state index in [4.69, 9.17) is 4.74 Å². The predicted octanol–water partition coefficient (Wildman–Crippen LogP) is 3.42. The largest absolute Gasteiger partial charge is 0.497 e. The Morgan fingerprint density at radius 2 is 1.81 bits per heavy atom. The lowest BCUT2D eigenvalue weighted by Gasteiger charge is -2.14. The van der Waals surface area contributed by atoms with Gasteiger partial charge in [-0.2, -0.15) is 4.68 Å². The summed E-state index contributed by atoms with van der Waals surface area (Å²) in [5.41, 5.74) is 2.89. The van der Waals surface area contributed by atoms with Gasteiger partial charge in [-0.1, -0.05) is 39.8 Å². The zero-order valence-electron chi connectivity index (χ0n) is 14.1. The molecule has 1 aromatic carbocycles. The first kappa shape index (κ1) is 15.6. The van der Waals surface area contributed by atoms with Crippen molar-refractivity contribution >= 4 is 0 Å². The Hall–Kier alpha value is -1.77. The number of aryl methyl sites for hydroxylation is 1. The van der Waals surface area contributed by atoms with E-state index < -0.39 is 0 Å². The van der Waals surface area contributed by atoms with Crippen LogP contribution < -0.4 is 9.42 Å². The Balaban J connectivity index is 2.15. The van der Waals surface area contributed by atoms with Crippen molar-refractivity contribution in [1.29, 1.82) is 0 Å². The summed E-state index contributed by atoms with van der Waals surface area (Å²) in [7, 11) is 3.81. The van der Waals surface area contributed by atoms with Gasteiger partial charge in [-0.15, -0.1) is 4.68 Å². The van der Waals surface area contributed by atoms with Gasteiger partial charge in [0.2, 0.25) is 0 Å². The molecule has 0 amide bonds. The summed E-state index contributed by atoms with van der Waals surface area (Å²) in [5, 5.41) is 0. The van der Waals surface area contributed by atoms with E-state index in [0.717, 1.165) is 12.3 Å². The summed E-state index contributed by atoms with van der Waals surface area (Å²) in [6.45, 7) is 9.98. The molecule has 0 aliphatic carbocycles. The fourth-order valence-electron chi connectivity index (χ4n) is 2.45. The Labute approximate surface area is 128 Å². The minimum atomic E-state index is 0.187. The number of aromatic nitrogens is 2. The second-order valence-electron chi connectivity index (χ2n) is 6.83. The maximum atomic E-state index is 5.22. The molecule has 2 rings (SSSR count). The third kappa shape index (κ3) is 3.66. The molecule has 1 aromatic heterocycles. The maximum Gasteiger partial charge on any atom is 0.199 e. The Bertz CT molecular complexity index is 591. The molecule has 114 valence electrons. The van der Waals surface area contributed by atoms with Gasteiger partial charge in [0.05, 0.1) is 19.9 Å². The van der Waals surface area contributed by atoms with Crippen molar-refractivity contribution in [2.24, 2.45) is 7.05 Å². The maximum absolute atomic E-state index is 5.22. The Morgan fingerprint density at radius 3 is 2.29 bits per heavy atom. The average molecular weight is 287 g/mol. The van der Waals surface area contributed by atoms with Crippen molar-refractivity contribution in [3.05, 3.63) is 47.8 Å². The Morgan fingerprint density at radius 1 is 1.19 bits per heavy atom. The van der Waals surface area contributed by atoms with Gasteiger partial charge < -0.3 is 4.74 Å². The fraction of sp³-hybridized carbons (Fsp3) is 0.500. The zero-order valence-corrected chi connectivity index (χ0v) is 14.1. The van der Waals surface area contributed by atoms with Crippen LogP contribution in [0.4, 0.5) is 0 Å². The monoisotopic (exact) mass is 287 g/mol. The number of benzene rings is 1. The molecule has 0 bridgehead atoms. The predicted molar refractivity (Wildman–Crippen MR) is 85.7 cm³/mol. The van der Waals surface area contributed by atoms with Crippen LogP contribution in [-0.4, -0.2) is 11.8 Å². The van der Waals surface area contributed by atoms with Gasteiger partial charge in [0.25, 0.3) is 0 Å². The molecular formula is C18H27N2O+. The third-order valence-electron chi connectivity index (χ3n) is 4.03. The van der Waals surface area contributed by atoms with Crippen molar-refractivity contribution < 1.29 is 9.42 Å². The summed E-state index contributed by atoms with van der Waals surface area (Å²) >= 11 is 0. The molecule has 0 aliphatic heterocycles. The standard InChI is InChI=1S/C18H27N2O/c1-14(15-7-9-17(21-6)10-8-15)11-20-13-16(12-19(20)5)18(2,3)4/h7-10,12-14H,11H2,1-6H3/q+1. The van der Waals surface area contributed by atoms with Gasteiger partial charge in [0.15, 0.2) is 13.2 Å². The van der Waals surface area contributed by atoms with Gasteiger partial charge in [-0.05, 0) is 23.1 Å². The summed E-state index contributed by atoms with van der Waals surface area (Å²) < 4.78 is 9.69. The van der Waals surface area contributed by atoms with Gasteiger partial charge in [-0.3, -0.25) is 0 Å². The van der Waals surface area contributed by atoms with E-state index in [9.17, 15) is 0 Å². The lowest BCUT2D eigenvalue weighted by atomic mass is 9.90. The van der Waals surface area contributed by atoms with Crippen molar-refractivity contribution in [3.8, 4) is 5.75 Å². The topological polar surface area (TPSA) is 18.0 Å². The van der Waals surface area contributed by atoms with E-state index in [-0.39, 0.29) is 5.41 Å². The molecule has 21 heavy (non-hydrogen) atoms. The highest BCUT2D eigenvalue weighted by Gasteiger charge is 2.22. The van der Waals surface area contributed by atoms with Gasteiger partial charge >= 0.3 is 0 Å². The zero-order chi connectivity index (χ0) is 15.6. The third-order valence-corrected chi connectivity index (χ3v) is 4.03. The fourth-order valence-corrected chi connectivity index (χ4v) is 2.45. The molecule has 0 N–H and O–H groups in total. The minimum Gasteiger partial charge on any atom is -0.497 e. The first-order chi connectivity index (χ1) is 9.81. The second-order valence-corrected chi connectivity index (χ2v) is 6.83. The molecule has 0 radical (unpaired) electrons. The SMILES string of the molecule is COc1ccc(C(C)Cn2cc(C(C)(C)C)c[n+]2C)cc1. The normalized spacial score (nSPS) is 13.2. The number of rotatable bonds is 4. The highest BCUT2D eigenvalue weighted by molar-refractivity contribution is 5.29. The highest BCUT2D eigenvalue weighted by Crippen LogP contribution is 2.23. The van der Waals surface area contributed by atoms with Crippen LogP contribution in [0.2, 0.25) is 0 Å². The van der Waals surface area contributed by atoms with Crippen molar-refractivity contribution in [1.82, 2.24) is 4.68 Å². The molecule has 2 aromatic rings. The van der Waals surface area contributed by atoms with E-state index in [1.165, 1.54) is 11.1 Å².